The number of hydrogen-bond donors (Lipinski definition) is 1. The second-order valence-electron chi connectivity index (χ2n) is 4.00. The first kappa shape index (κ1) is 16.2. The quantitative estimate of drug-likeness (QED) is 0.409. The number of nitrogens with one attached hydrogen (secondary N) is 1. The van der Waals surface area contributed by atoms with E-state index < -0.39 is 0 Å². The molecular formula is C12H14Br2N2O. The maximum atomic E-state index is 11.8. The van der Waals surface area contributed by atoms with Crippen molar-refractivity contribution in [3.05, 3.63) is 34.3 Å². The van der Waals surface area contributed by atoms with E-state index in [0.29, 0.717) is 12.1 Å². The molecular weight excluding hydrogens is 348 g/mol. The van der Waals surface area contributed by atoms with E-state index in [1.54, 1.807) is 12.1 Å². The Labute approximate surface area is 121 Å². The Morgan fingerprint density at radius 1 is 1.41 bits per heavy atom. The molecule has 0 aliphatic carbocycles. The molecule has 1 amide bonds. The third-order valence-corrected chi connectivity index (χ3v) is 2.53. The van der Waals surface area contributed by atoms with Crippen LogP contribution in [0.4, 0.5) is 0 Å². The highest BCUT2D eigenvalue weighted by Gasteiger charge is 2.18. The molecule has 1 rings (SSSR count). The minimum atomic E-state index is -0.132. The topological polar surface area (TPSA) is 29.1 Å². The molecule has 17 heavy (non-hydrogen) atoms. The van der Waals surface area contributed by atoms with E-state index in [9.17, 15) is 4.79 Å². The summed E-state index contributed by atoms with van der Waals surface area (Å²) in [5, 5.41) is 0. The minimum Gasteiger partial charge on any atom is -1.00 e. The van der Waals surface area contributed by atoms with Crippen LogP contribution in [0.2, 0.25) is 0 Å². The first-order chi connectivity index (χ1) is 7.44. The average molecular weight is 362 g/mol. The minimum absolute atomic E-state index is 0. The van der Waals surface area contributed by atoms with Crippen LogP contribution in [0.15, 0.2) is 28.7 Å². The van der Waals surface area contributed by atoms with E-state index in [-0.39, 0.29) is 27.5 Å². The van der Waals surface area contributed by atoms with Gasteiger partial charge in [0.2, 0.25) is 0 Å². The highest BCUT2D eigenvalue weighted by Crippen LogP contribution is 2.10. The van der Waals surface area contributed by atoms with E-state index in [1.165, 1.54) is 0 Å². The van der Waals surface area contributed by atoms with Crippen molar-refractivity contribution in [2.24, 2.45) is 0 Å². The number of hydrogen-bond acceptors (Lipinski definition) is 1. The molecule has 0 aromatic heterocycles. The van der Waals surface area contributed by atoms with Crippen molar-refractivity contribution >= 4 is 21.8 Å². The van der Waals surface area contributed by atoms with Gasteiger partial charge in [0.05, 0.1) is 14.1 Å². The largest absolute Gasteiger partial charge is 1.00 e. The van der Waals surface area contributed by atoms with Crippen LogP contribution in [0.25, 0.3) is 0 Å². The van der Waals surface area contributed by atoms with Crippen molar-refractivity contribution in [1.82, 2.24) is 5.43 Å². The van der Waals surface area contributed by atoms with Crippen LogP contribution in [0, 0.1) is 12.3 Å². The Morgan fingerprint density at radius 3 is 2.41 bits per heavy atom. The van der Waals surface area contributed by atoms with Gasteiger partial charge in [-0.05, 0) is 30.2 Å². The fourth-order valence-corrected chi connectivity index (χ4v) is 1.47. The normalized spacial score (nSPS) is 10.0. The van der Waals surface area contributed by atoms with Gasteiger partial charge in [0.1, 0.15) is 0 Å². The van der Waals surface area contributed by atoms with Crippen LogP contribution in [0.3, 0.4) is 0 Å². The van der Waals surface area contributed by atoms with Crippen LogP contribution in [0.1, 0.15) is 10.4 Å². The summed E-state index contributed by atoms with van der Waals surface area (Å²) >= 11 is 3.32. The summed E-state index contributed by atoms with van der Waals surface area (Å²) in [6, 6.07) is 7.18. The summed E-state index contributed by atoms with van der Waals surface area (Å²) in [4.78, 5) is 11.8. The lowest BCUT2D eigenvalue weighted by Gasteiger charge is -2.26. The van der Waals surface area contributed by atoms with Gasteiger partial charge in [-0.25, -0.2) is 4.59 Å². The van der Waals surface area contributed by atoms with Gasteiger partial charge in [0, 0.05) is 10.0 Å². The van der Waals surface area contributed by atoms with Crippen molar-refractivity contribution in [1.29, 1.82) is 0 Å². The molecule has 1 N–H and O–H groups in total. The molecule has 0 fully saturated rings. The smallest absolute Gasteiger partial charge is 0.295 e. The van der Waals surface area contributed by atoms with Crippen LogP contribution in [-0.2, 0) is 0 Å². The van der Waals surface area contributed by atoms with E-state index in [2.05, 4.69) is 27.3 Å². The van der Waals surface area contributed by atoms with Crippen LogP contribution >= 0.6 is 15.9 Å². The molecule has 5 heteroatoms. The summed E-state index contributed by atoms with van der Waals surface area (Å²) in [5.41, 5.74) is 3.45. The first-order valence-electron chi connectivity index (χ1n) is 4.79. The summed E-state index contributed by atoms with van der Waals surface area (Å²) in [6.45, 7) is 0.447. The van der Waals surface area contributed by atoms with Gasteiger partial charge in [-0.2, -0.15) is 5.43 Å². The second kappa shape index (κ2) is 6.80. The highest BCUT2D eigenvalue weighted by atomic mass is 79.9. The molecule has 0 atom stereocenters. The second-order valence-corrected chi connectivity index (χ2v) is 4.91. The number of rotatable bonds is 3. The monoisotopic (exact) mass is 360 g/mol. The number of halogens is 2. The molecule has 0 saturated carbocycles. The number of terminal acetylenes is 1. The summed E-state index contributed by atoms with van der Waals surface area (Å²) < 4.78 is 1.22. The van der Waals surface area contributed by atoms with Crippen molar-refractivity contribution in [2.75, 3.05) is 20.6 Å². The third kappa shape index (κ3) is 5.35. The molecule has 0 heterocycles. The Hall–Kier alpha value is -0.830. The lowest BCUT2D eigenvalue weighted by Crippen LogP contribution is -3.00. The molecule has 0 saturated heterocycles. The highest BCUT2D eigenvalue weighted by molar-refractivity contribution is 9.10. The van der Waals surface area contributed by atoms with Gasteiger partial charge in [-0.3, -0.25) is 4.79 Å². The van der Waals surface area contributed by atoms with Gasteiger partial charge in [-0.1, -0.05) is 15.9 Å². The molecule has 3 nitrogen and oxygen atoms in total. The number of carbonyl (C=O) groups is 1. The average Bonchev–Trinajstić information content (AvgIpc) is 2.17. The zero-order chi connectivity index (χ0) is 12.2. The van der Waals surface area contributed by atoms with Crippen LogP contribution in [0.5, 0.6) is 0 Å². The Bertz CT molecular complexity index is 421. The number of benzene rings is 1. The third-order valence-electron chi connectivity index (χ3n) is 2.00. The number of carbonyl (C=O) groups excluding carboxylic acids is 1. The standard InChI is InChI=1S/C12H13BrN2O.BrH/c1-4-9-15(2,3)14-12(16)10-5-7-11(13)8-6-10;/h1,5-8H,9H2,2-3H3;1H. The maximum absolute atomic E-state index is 11.8. The van der Waals surface area contributed by atoms with Gasteiger partial charge >= 0.3 is 0 Å². The molecule has 0 aliphatic heterocycles. The molecule has 0 spiro atoms. The van der Waals surface area contributed by atoms with Crippen molar-refractivity contribution in [2.45, 2.75) is 0 Å². The number of amides is 1. The Kier molecular flexibility index (Phi) is 6.46. The summed E-state index contributed by atoms with van der Waals surface area (Å²) in [5.74, 6) is 2.39. The van der Waals surface area contributed by atoms with Crippen molar-refractivity contribution in [3.63, 3.8) is 0 Å². The molecule has 0 radical (unpaired) electrons. The molecule has 1 aromatic rings. The molecule has 0 unspecified atom stereocenters. The fraction of sp³-hybridized carbons (Fsp3) is 0.250. The van der Waals surface area contributed by atoms with E-state index in [1.807, 2.05) is 26.2 Å². The van der Waals surface area contributed by atoms with Crippen molar-refractivity contribution in [3.8, 4) is 12.3 Å². The molecule has 0 aliphatic rings. The lowest BCUT2D eigenvalue weighted by molar-refractivity contribution is -0.917. The zero-order valence-corrected chi connectivity index (χ0v) is 12.9. The Balaban J connectivity index is 0.00000256. The SMILES string of the molecule is C#CC[N+](C)(C)NC(=O)c1ccc(Br)cc1.[Br-]. The van der Waals surface area contributed by atoms with Crippen LogP contribution in [-0.4, -0.2) is 31.1 Å². The molecule has 0 bridgehead atoms. The Morgan fingerprint density at radius 2 is 1.94 bits per heavy atom. The lowest BCUT2D eigenvalue weighted by atomic mass is 10.2. The van der Waals surface area contributed by atoms with Crippen LogP contribution < -0.4 is 22.4 Å². The van der Waals surface area contributed by atoms with Gasteiger partial charge in [-0.15, -0.1) is 6.42 Å². The maximum Gasteiger partial charge on any atom is 0.295 e. The van der Waals surface area contributed by atoms with Gasteiger partial charge in [0.25, 0.3) is 5.91 Å². The fourth-order valence-electron chi connectivity index (χ4n) is 1.21. The van der Waals surface area contributed by atoms with E-state index in [4.69, 9.17) is 6.42 Å². The number of quaternary nitrogens is 1. The number of nitrogens with zero attached hydrogens (tertiary/aromatic N) is 1. The predicted octanol–water partition coefficient (Wildman–Crippen LogP) is -1.19. The zero-order valence-electron chi connectivity index (χ0n) is 9.71. The van der Waals surface area contributed by atoms with E-state index >= 15 is 0 Å². The van der Waals surface area contributed by atoms with Gasteiger partial charge in [0.15, 0.2) is 6.54 Å². The molecule has 1 aromatic carbocycles. The first-order valence-corrected chi connectivity index (χ1v) is 5.58. The predicted molar refractivity (Wildman–Crippen MR) is 67.4 cm³/mol. The molecule has 92 valence electrons. The summed E-state index contributed by atoms with van der Waals surface area (Å²) in [7, 11) is 3.69. The van der Waals surface area contributed by atoms with Crippen molar-refractivity contribution < 1.29 is 26.4 Å². The van der Waals surface area contributed by atoms with E-state index in [0.717, 1.165) is 4.47 Å². The summed E-state index contributed by atoms with van der Waals surface area (Å²) in [6.07, 6.45) is 5.23. The van der Waals surface area contributed by atoms with Gasteiger partial charge < -0.3 is 17.0 Å².